The lowest BCUT2D eigenvalue weighted by Gasteiger charge is -2.17. The Balaban J connectivity index is 0.000000193. The fraction of sp³-hybridized carbons (Fsp3) is 0.240. The first-order chi connectivity index (χ1) is 18.3. The zero-order valence-electron chi connectivity index (χ0n) is 20.3. The number of amides is 1. The van der Waals surface area contributed by atoms with Crippen molar-refractivity contribution in [1.82, 2.24) is 14.9 Å². The van der Waals surface area contributed by atoms with Crippen LogP contribution in [0, 0.1) is 0 Å². The summed E-state index contributed by atoms with van der Waals surface area (Å²) in [6.07, 6.45) is -4.88. The van der Waals surface area contributed by atoms with Gasteiger partial charge in [-0.05, 0) is 52.7 Å². The minimum atomic E-state index is -5.10. The molecule has 10 nitrogen and oxygen atoms in total. The zero-order chi connectivity index (χ0) is 28.4. The van der Waals surface area contributed by atoms with E-state index < -0.39 is 34.3 Å². The van der Waals surface area contributed by atoms with Crippen molar-refractivity contribution in [2.24, 2.45) is 0 Å². The van der Waals surface area contributed by atoms with E-state index in [-0.39, 0.29) is 24.4 Å². The smallest absolute Gasteiger partial charge is 0.490 e. The zero-order valence-corrected chi connectivity index (χ0v) is 21.1. The number of carbonyl (C=O) groups excluding carboxylic acids is 2. The van der Waals surface area contributed by atoms with Gasteiger partial charge in [0, 0.05) is 19.5 Å². The van der Waals surface area contributed by atoms with Gasteiger partial charge in [-0.25, -0.2) is 9.78 Å². The van der Waals surface area contributed by atoms with Crippen molar-refractivity contribution in [2.75, 3.05) is 13.7 Å². The van der Waals surface area contributed by atoms with E-state index in [1.807, 2.05) is 12.1 Å². The first kappa shape index (κ1) is 27.9. The van der Waals surface area contributed by atoms with Crippen molar-refractivity contribution in [3.05, 3.63) is 66.5 Å². The Labute approximate surface area is 220 Å². The molecule has 4 aromatic rings. The summed E-state index contributed by atoms with van der Waals surface area (Å²) in [5, 5.41) is 1.59. The molecule has 0 saturated carbocycles. The monoisotopic (exact) mass is 565 g/mol. The Morgan fingerprint density at radius 2 is 1.87 bits per heavy atom. The van der Waals surface area contributed by atoms with Gasteiger partial charge in [0.25, 0.3) is 16.0 Å². The van der Waals surface area contributed by atoms with Crippen molar-refractivity contribution in [1.29, 1.82) is 0 Å². The molecule has 1 saturated heterocycles. The van der Waals surface area contributed by atoms with E-state index in [1.54, 1.807) is 36.7 Å². The van der Waals surface area contributed by atoms with E-state index >= 15 is 0 Å². The average Bonchev–Trinajstić information content (AvgIpc) is 3.49. The van der Waals surface area contributed by atoms with Crippen LogP contribution < -0.4 is 4.74 Å². The number of imidazole rings is 1. The molecular weight excluding hydrogens is 543 g/mol. The molecular formula is C25H22F3N3O7S. The Morgan fingerprint density at radius 3 is 2.56 bits per heavy atom. The minimum Gasteiger partial charge on any atom is -0.497 e. The topological polar surface area (TPSA) is 139 Å². The second-order valence-corrected chi connectivity index (χ2v) is 9.97. The molecule has 14 heteroatoms. The Hall–Kier alpha value is -4.17. The molecule has 1 amide bonds. The van der Waals surface area contributed by atoms with Crippen molar-refractivity contribution in [3.8, 4) is 5.75 Å². The number of benzene rings is 3. The summed E-state index contributed by atoms with van der Waals surface area (Å²) < 4.78 is 76.7. The third-order valence-electron chi connectivity index (χ3n) is 5.90. The van der Waals surface area contributed by atoms with Gasteiger partial charge in [-0.15, -0.1) is 0 Å². The maximum absolute atomic E-state index is 12.2. The number of carbonyl (C=O) groups is 2. The van der Waals surface area contributed by atoms with Crippen LogP contribution in [0.1, 0.15) is 12.0 Å². The number of aromatic nitrogens is 2. The van der Waals surface area contributed by atoms with Gasteiger partial charge in [0.2, 0.25) is 0 Å². The molecule has 0 aliphatic carbocycles. The molecule has 0 bridgehead atoms. The summed E-state index contributed by atoms with van der Waals surface area (Å²) >= 11 is 0. The number of aromatic amines is 1. The van der Waals surface area contributed by atoms with Crippen LogP contribution in [0.2, 0.25) is 0 Å². The van der Waals surface area contributed by atoms with E-state index in [1.165, 1.54) is 24.1 Å². The maximum atomic E-state index is 12.2. The predicted molar refractivity (Wildman–Crippen MR) is 132 cm³/mol. The highest BCUT2D eigenvalue weighted by molar-refractivity contribution is 7.85. The molecule has 5 rings (SSSR count). The van der Waals surface area contributed by atoms with Crippen molar-refractivity contribution >= 4 is 43.8 Å². The molecule has 1 aliphatic rings. The van der Waals surface area contributed by atoms with Gasteiger partial charge in [-0.1, -0.05) is 18.2 Å². The summed E-state index contributed by atoms with van der Waals surface area (Å²) in [5.74, 6) is -2.32. The van der Waals surface area contributed by atoms with E-state index in [9.17, 15) is 31.2 Å². The lowest BCUT2D eigenvalue weighted by atomic mass is 10.1. The third kappa shape index (κ3) is 6.64. The first-order valence-electron chi connectivity index (χ1n) is 11.4. The SMILES string of the molecule is COc1ccc2ccc(S(=O)(=O)O)cc2c1.O=C1[C@@H](OC(=O)C(F)(F)F)CCN1Cc1ccc2nc[nH]c2c1. The van der Waals surface area contributed by atoms with Crippen LogP contribution in [0.25, 0.3) is 21.8 Å². The number of hydrogen-bond donors (Lipinski definition) is 2. The van der Waals surface area contributed by atoms with Crippen LogP contribution in [-0.2, 0) is 31.0 Å². The average molecular weight is 566 g/mol. The van der Waals surface area contributed by atoms with E-state index in [2.05, 4.69) is 14.7 Å². The van der Waals surface area contributed by atoms with Gasteiger partial charge in [-0.3, -0.25) is 9.35 Å². The van der Waals surface area contributed by atoms with Crippen molar-refractivity contribution < 1.29 is 45.2 Å². The Bertz CT molecular complexity index is 1640. The highest BCUT2D eigenvalue weighted by atomic mass is 32.2. The summed E-state index contributed by atoms with van der Waals surface area (Å²) in [7, 11) is -2.62. The number of esters is 1. The van der Waals surface area contributed by atoms with Crippen molar-refractivity contribution in [2.45, 2.75) is 30.1 Å². The number of likely N-dealkylation sites (tertiary alicyclic amines) is 1. The van der Waals surface area contributed by atoms with Crippen LogP contribution in [0.4, 0.5) is 13.2 Å². The van der Waals surface area contributed by atoms with Crippen LogP contribution in [0.5, 0.6) is 5.75 Å². The number of alkyl halides is 3. The number of H-pyrrole nitrogens is 1. The molecule has 0 spiro atoms. The molecule has 2 heterocycles. The van der Waals surface area contributed by atoms with Crippen LogP contribution in [-0.4, -0.2) is 65.6 Å². The number of ether oxygens (including phenoxy) is 2. The summed E-state index contributed by atoms with van der Waals surface area (Å²) in [4.78, 5) is 31.1. The van der Waals surface area contributed by atoms with Gasteiger partial charge >= 0.3 is 12.1 Å². The maximum Gasteiger partial charge on any atom is 0.490 e. The van der Waals surface area contributed by atoms with Gasteiger partial charge in [0.15, 0.2) is 6.10 Å². The lowest BCUT2D eigenvalue weighted by Crippen LogP contribution is -2.35. The highest BCUT2D eigenvalue weighted by Crippen LogP contribution is 2.25. The fourth-order valence-electron chi connectivity index (χ4n) is 3.96. The number of nitrogens with zero attached hydrogens (tertiary/aromatic N) is 2. The van der Waals surface area contributed by atoms with Gasteiger partial charge in [0.05, 0.1) is 29.4 Å². The molecule has 1 fully saturated rings. The number of rotatable bonds is 5. The molecule has 2 N–H and O–H groups in total. The lowest BCUT2D eigenvalue weighted by molar-refractivity contribution is -0.204. The van der Waals surface area contributed by atoms with Gasteiger partial charge < -0.3 is 19.4 Å². The molecule has 1 aromatic heterocycles. The molecule has 39 heavy (non-hydrogen) atoms. The molecule has 0 unspecified atom stereocenters. The first-order valence-corrected chi connectivity index (χ1v) is 12.8. The molecule has 1 aliphatic heterocycles. The number of halogens is 3. The van der Waals surface area contributed by atoms with Crippen LogP contribution in [0.3, 0.4) is 0 Å². The quantitative estimate of drug-likeness (QED) is 0.275. The minimum absolute atomic E-state index is 0.0486. The van der Waals surface area contributed by atoms with E-state index in [4.69, 9.17) is 9.29 Å². The number of nitrogens with one attached hydrogen (secondary N) is 1. The Morgan fingerprint density at radius 1 is 1.13 bits per heavy atom. The Kier molecular flexibility index (Phi) is 7.79. The summed E-state index contributed by atoms with van der Waals surface area (Å²) in [6.45, 7) is 0.462. The second kappa shape index (κ2) is 10.9. The fourth-order valence-corrected chi connectivity index (χ4v) is 4.48. The summed E-state index contributed by atoms with van der Waals surface area (Å²) in [6, 6.07) is 15.1. The van der Waals surface area contributed by atoms with E-state index in [0.717, 1.165) is 22.0 Å². The van der Waals surface area contributed by atoms with Crippen molar-refractivity contribution in [3.63, 3.8) is 0 Å². The second-order valence-electron chi connectivity index (χ2n) is 8.54. The van der Waals surface area contributed by atoms with Crippen LogP contribution in [0.15, 0.2) is 65.8 Å². The van der Waals surface area contributed by atoms with Crippen LogP contribution >= 0.6 is 0 Å². The molecule has 206 valence electrons. The van der Waals surface area contributed by atoms with E-state index in [0.29, 0.717) is 11.1 Å². The molecule has 0 radical (unpaired) electrons. The number of hydrogen-bond acceptors (Lipinski definition) is 7. The predicted octanol–water partition coefficient (Wildman–Crippen LogP) is 3.86. The summed E-state index contributed by atoms with van der Waals surface area (Å²) in [5.41, 5.74) is 2.38. The molecule has 3 aromatic carbocycles. The normalized spacial score (nSPS) is 15.8. The number of fused-ring (bicyclic) bond motifs is 2. The third-order valence-corrected chi connectivity index (χ3v) is 6.75. The molecule has 1 atom stereocenters. The largest absolute Gasteiger partial charge is 0.497 e. The highest BCUT2D eigenvalue weighted by Gasteiger charge is 2.45. The van der Waals surface area contributed by atoms with Gasteiger partial charge in [-0.2, -0.15) is 21.6 Å². The van der Waals surface area contributed by atoms with Gasteiger partial charge in [0.1, 0.15) is 5.75 Å². The standard InChI is InChI=1S/C14H12F3N3O3.C11H10O4S/c15-14(16,17)13(22)23-11-3-4-20(12(11)21)6-8-1-2-9-10(5-8)19-7-18-9;1-15-10-4-2-8-3-5-11(16(12,13)14)7-9(8)6-10/h1-2,5,7,11H,3-4,6H2,(H,18,19);2-7H,1H3,(H,12,13,14)/t11-;/m0./s1. The number of methoxy groups -OCH3 is 1.